The van der Waals surface area contributed by atoms with Crippen molar-refractivity contribution in [3.05, 3.63) is 76.9 Å². The van der Waals surface area contributed by atoms with E-state index in [9.17, 15) is 0 Å². The summed E-state index contributed by atoms with van der Waals surface area (Å²) in [6, 6.07) is 17.9. The SMILES string of the molecule is NNC(Cc1ccccc1Cl)c1ccnc2ccccc12. The molecule has 0 spiro atoms. The number of nitrogens with one attached hydrogen (secondary N) is 1. The second-order valence-corrected chi connectivity index (χ2v) is 5.34. The first-order chi connectivity index (χ1) is 10.3. The summed E-state index contributed by atoms with van der Waals surface area (Å²) in [5.74, 6) is 5.78. The molecule has 0 amide bonds. The van der Waals surface area contributed by atoms with Gasteiger partial charge in [-0.05, 0) is 35.7 Å². The van der Waals surface area contributed by atoms with Crippen LogP contribution in [0.1, 0.15) is 17.2 Å². The standard InChI is InChI=1S/C17H16ClN3/c18-15-7-3-1-5-12(15)11-17(21-19)14-9-10-20-16-8-4-2-6-13(14)16/h1-10,17,21H,11,19H2. The lowest BCUT2D eigenvalue weighted by atomic mass is 9.96. The van der Waals surface area contributed by atoms with Crippen LogP contribution in [-0.4, -0.2) is 4.98 Å². The quantitative estimate of drug-likeness (QED) is 0.571. The van der Waals surface area contributed by atoms with Crippen molar-refractivity contribution in [1.82, 2.24) is 10.4 Å². The smallest absolute Gasteiger partial charge is 0.0705 e. The van der Waals surface area contributed by atoms with E-state index in [2.05, 4.69) is 16.5 Å². The molecule has 1 atom stereocenters. The summed E-state index contributed by atoms with van der Waals surface area (Å²) in [7, 11) is 0. The molecule has 106 valence electrons. The van der Waals surface area contributed by atoms with Gasteiger partial charge in [0.05, 0.1) is 11.6 Å². The molecule has 0 aliphatic carbocycles. The van der Waals surface area contributed by atoms with Crippen molar-refractivity contribution < 1.29 is 0 Å². The van der Waals surface area contributed by atoms with Gasteiger partial charge >= 0.3 is 0 Å². The fourth-order valence-electron chi connectivity index (χ4n) is 2.56. The number of hydrogen-bond acceptors (Lipinski definition) is 3. The lowest BCUT2D eigenvalue weighted by Crippen LogP contribution is -2.29. The van der Waals surface area contributed by atoms with E-state index >= 15 is 0 Å². The summed E-state index contributed by atoms with van der Waals surface area (Å²) >= 11 is 6.25. The molecule has 2 aromatic carbocycles. The Kier molecular flexibility index (Phi) is 4.15. The maximum Gasteiger partial charge on any atom is 0.0705 e. The third-order valence-electron chi connectivity index (χ3n) is 3.64. The monoisotopic (exact) mass is 297 g/mol. The van der Waals surface area contributed by atoms with E-state index in [-0.39, 0.29) is 6.04 Å². The Labute approximate surface area is 128 Å². The summed E-state index contributed by atoms with van der Waals surface area (Å²) in [6.45, 7) is 0. The lowest BCUT2D eigenvalue weighted by Gasteiger charge is -2.19. The zero-order valence-corrected chi connectivity index (χ0v) is 12.2. The molecule has 0 saturated carbocycles. The molecule has 3 aromatic rings. The third-order valence-corrected chi connectivity index (χ3v) is 4.01. The van der Waals surface area contributed by atoms with E-state index in [1.807, 2.05) is 54.7 Å². The Bertz CT molecular complexity index is 752. The largest absolute Gasteiger partial charge is 0.271 e. The van der Waals surface area contributed by atoms with Gasteiger partial charge in [0.1, 0.15) is 0 Å². The van der Waals surface area contributed by atoms with Gasteiger partial charge in [0, 0.05) is 16.6 Å². The Hall–Kier alpha value is -1.94. The first-order valence-corrected chi connectivity index (χ1v) is 7.20. The molecule has 1 aromatic heterocycles. The predicted molar refractivity (Wildman–Crippen MR) is 87.0 cm³/mol. The third kappa shape index (κ3) is 2.90. The van der Waals surface area contributed by atoms with Crippen molar-refractivity contribution in [2.24, 2.45) is 5.84 Å². The predicted octanol–water partition coefficient (Wildman–Crippen LogP) is 3.64. The van der Waals surface area contributed by atoms with Gasteiger partial charge in [-0.15, -0.1) is 0 Å². The van der Waals surface area contributed by atoms with Crippen LogP contribution in [0.3, 0.4) is 0 Å². The molecule has 0 aliphatic rings. The molecule has 0 aliphatic heterocycles. The average molecular weight is 298 g/mol. The van der Waals surface area contributed by atoms with Crippen molar-refractivity contribution in [3.8, 4) is 0 Å². The second kappa shape index (κ2) is 6.22. The summed E-state index contributed by atoms with van der Waals surface area (Å²) in [5.41, 5.74) is 6.07. The van der Waals surface area contributed by atoms with E-state index in [0.717, 1.165) is 33.5 Å². The number of halogens is 1. The molecule has 3 rings (SSSR count). The molecular formula is C17H16ClN3. The number of para-hydroxylation sites is 1. The highest BCUT2D eigenvalue weighted by molar-refractivity contribution is 6.31. The highest BCUT2D eigenvalue weighted by atomic mass is 35.5. The van der Waals surface area contributed by atoms with Crippen LogP contribution in [0.5, 0.6) is 0 Å². The van der Waals surface area contributed by atoms with Crippen molar-refractivity contribution in [3.63, 3.8) is 0 Å². The highest BCUT2D eigenvalue weighted by Crippen LogP contribution is 2.27. The van der Waals surface area contributed by atoms with Crippen LogP contribution in [0, 0.1) is 0 Å². The van der Waals surface area contributed by atoms with Crippen molar-refractivity contribution in [2.45, 2.75) is 12.5 Å². The second-order valence-electron chi connectivity index (χ2n) is 4.93. The maximum atomic E-state index is 6.25. The minimum atomic E-state index is -0.0159. The summed E-state index contributed by atoms with van der Waals surface area (Å²) < 4.78 is 0. The first kappa shape index (κ1) is 14.0. The van der Waals surface area contributed by atoms with Gasteiger partial charge < -0.3 is 0 Å². The zero-order chi connectivity index (χ0) is 14.7. The molecule has 0 fully saturated rings. The molecule has 0 bridgehead atoms. The fourth-order valence-corrected chi connectivity index (χ4v) is 2.78. The molecular weight excluding hydrogens is 282 g/mol. The Morgan fingerprint density at radius 2 is 1.81 bits per heavy atom. The van der Waals surface area contributed by atoms with Crippen LogP contribution in [-0.2, 0) is 6.42 Å². The van der Waals surface area contributed by atoms with E-state index in [1.54, 1.807) is 0 Å². The van der Waals surface area contributed by atoms with E-state index in [1.165, 1.54) is 0 Å². The minimum absolute atomic E-state index is 0.0159. The molecule has 0 radical (unpaired) electrons. The number of hydrazine groups is 1. The van der Waals surface area contributed by atoms with Gasteiger partial charge in [0.2, 0.25) is 0 Å². The topological polar surface area (TPSA) is 50.9 Å². The molecule has 0 saturated heterocycles. The molecule has 21 heavy (non-hydrogen) atoms. The summed E-state index contributed by atoms with van der Waals surface area (Å²) in [4.78, 5) is 4.39. The van der Waals surface area contributed by atoms with Gasteiger partial charge in [-0.1, -0.05) is 48.0 Å². The van der Waals surface area contributed by atoms with Crippen molar-refractivity contribution >= 4 is 22.5 Å². The van der Waals surface area contributed by atoms with Gasteiger partial charge in [-0.3, -0.25) is 16.3 Å². The van der Waals surface area contributed by atoms with Gasteiger partial charge in [-0.2, -0.15) is 0 Å². The first-order valence-electron chi connectivity index (χ1n) is 6.83. The maximum absolute atomic E-state index is 6.25. The normalized spacial score (nSPS) is 12.5. The van der Waals surface area contributed by atoms with E-state index in [4.69, 9.17) is 17.4 Å². The zero-order valence-electron chi connectivity index (χ0n) is 11.5. The Balaban J connectivity index is 2.01. The number of pyridine rings is 1. The summed E-state index contributed by atoms with van der Waals surface area (Å²) in [5, 5.41) is 1.87. The highest BCUT2D eigenvalue weighted by Gasteiger charge is 2.15. The van der Waals surface area contributed by atoms with Crippen LogP contribution in [0.4, 0.5) is 0 Å². The molecule has 1 heterocycles. The van der Waals surface area contributed by atoms with Crippen LogP contribution in [0.2, 0.25) is 5.02 Å². The fraction of sp³-hybridized carbons (Fsp3) is 0.118. The number of nitrogens with zero attached hydrogens (tertiary/aromatic N) is 1. The summed E-state index contributed by atoms with van der Waals surface area (Å²) in [6.07, 6.45) is 2.54. The van der Waals surface area contributed by atoms with Crippen LogP contribution >= 0.6 is 11.6 Å². The molecule has 1 unspecified atom stereocenters. The number of hydrogen-bond donors (Lipinski definition) is 2. The number of benzene rings is 2. The van der Waals surface area contributed by atoms with Gasteiger partial charge in [0.25, 0.3) is 0 Å². The van der Waals surface area contributed by atoms with E-state index < -0.39 is 0 Å². The Morgan fingerprint density at radius 3 is 2.62 bits per heavy atom. The number of aromatic nitrogens is 1. The lowest BCUT2D eigenvalue weighted by molar-refractivity contribution is 0.555. The molecule has 4 heteroatoms. The van der Waals surface area contributed by atoms with Gasteiger partial charge in [0.15, 0.2) is 0 Å². The van der Waals surface area contributed by atoms with Crippen molar-refractivity contribution in [1.29, 1.82) is 0 Å². The van der Waals surface area contributed by atoms with Gasteiger partial charge in [-0.25, -0.2) is 0 Å². The van der Waals surface area contributed by atoms with E-state index in [0.29, 0.717) is 0 Å². The number of nitrogens with two attached hydrogens (primary N) is 1. The van der Waals surface area contributed by atoms with Crippen molar-refractivity contribution in [2.75, 3.05) is 0 Å². The minimum Gasteiger partial charge on any atom is -0.271 e. The molecule has 3 nitrogen and oxygen atoms in total. The average Bonchev–Trinajstić information content (AvgIpc) is 2.54. The number of fused-ring (bicyclic) bond motifs is 1. The van der Waals surface area contributed by atoms with Crippen LogP contribution < -0.4 is 11.3 Å². The Morgan fingerprint density at radius 1 is 1.05 bits per heavy atom. The molecule has 3 N–H and O–H groups in total. The number of rotatable bonds is 4. The van der Waals surface area contributed by atoms with Crippen LogP contribution in [0.25, 0.3) is 10.9 Å². The van der Waals surface area contributed by atoms with Crippen LogP contribution in [0.15, 0.2) is 60.8 Å².